The van der Waals surface area contributed by atoms with E-state index in [9.17, 15) is 9.90 Å². The number of aromatic nitrogens is 1. The molecule has 1 aromatic carbocycles. The smallest absolute Gasteiger partial charge is 0.312 e. The maximum atomic E-state index is 11.5. The molecule has 1 aliphatic rings. The summed E-state index contributed by atoms with van der Waals surface area (Å²) in [6.07, 6.45) is 1.57. The number of nitriles is 1. The number of fused-ring (bicyclic) bond motifs is 1. The molecule has 0 amide bonds. The highest BCUT2D eigenvalue weighted by Gasteiger charge is 2.30. The van der Waals surface area contributed by atoms with Crippen LogP contribution in [-0.2, 0) is 11.3 Å². The quantitative estimate of drug-likeness (QED) is 0.911. The predicted molar refractivity (Wildman–Crippen MR) is 76.8 cm³/mol. The minimum atomic E-state index is -0.844. The molecule has 0 radical (unpaired) electrons. The van der Waals surface area contributed by atoms with Crippen molar-refractivity contribution in [3.63, 3.8) is 0 Å². The highest BCUT2D eigenvalue weighted by molar-refractivity contribution is 5.78. The molecule has 0 saturated heterocycles. The number of carbonyl (C=O) groups is 1. The number of hydrogen-bond acceptors (Lipinski definition) is 4. The molecule has 5 nitrogen and oxygen atoms in total. The van der Waals surface area contributed by atoms with Gasteiger partial charge in [-0.3, -0.25) is 4.79 Å². The third-order valence-corrected chi connectivity index (χ3v) is 3.69. The van der Waals surface area contributed by atoms with E-state index in [1.165, 1.54) is 0 Å². The van der Waals surface area contributed by atoms with Gasteiger partial charge in [-0.15, -0.1) is 0 Å². The minimum absolute atomic E-state index is 0.355. The van der Waals surface area contributed by atoms with Crippen LogP contribution in [0.5, 0.6) is 0 Å². The molecule has 21 heavy (non-hydrogen) atoms. The van der Waals surface area contributed by atoms with Crippen LogP contribution in [0.15, 0.2) is 42.6 Å². The lowest BCUT2D eigenvalue weighted by molar-refractivity contribution is -0.138. The molecule has 0 bridgehead atoms. The summed E-state index contributed by atoms with van der Waals surface area (Å²) in [4.78, 5) is 17.7. The van der Waals surface area contributed by atoms with Gasteiger partial charge < -0.3 is 10.0 Å². The van der Waals surface area contributed by atoms with Crippen molar-refractivity contribution in [2.45, 2.75) is 12.5 Å². The van der Waals surface area contributed by atoms with Crippen molar-refractivity contribution in [3.8, 4) is 6.07 Å². The summed E-state index contributed by atoms with van der Waals surface area (Å²) in [7, 11) is 0. The van der Waals surface area contributed by atoms with Crippen LogP contribution in [0.4, 0.5) is 5.82 Å². The number of carboxylic acids is 1. The molecule has 0 spiro atoms. The lowest BCUT2D eigenvalue weighted by atomic mass is 9.90. The molecule has 1 aliphatic heterocycles. The average molecular weight is 279 g/mol. The second-order valence-electron chi connectivity index (χ2n) is 4.98. The van der Waals surface area contributed by atoms with Gasteiger partial charge in [0.1, 0.15) is 5.82 Å². The number of benzene rings is 1. The van der Waals surface area contributed by atoms with Gasteiger partial charge in [-0.2, -0.15) is 5.26 Å². The largest absolute Gasteiger partial charge is 0.481 e. The molecule has 104 valence electrons. The Kier molecular flexibility index (Phi) is 3.28. The Morgan fingerprint density at radius 3 is 2.95 bits per heavy atom. The van der Waals surface area contributed by atoms with E-state index in [0.29, 0.717) is 24.5 Å². The maximum absolute atomic E-state index is 11.5. The second kappa shape index (κ2) is 5.25. The van der Waals surface area contributed by atoms with Crippen molar-refractivity contribution in [1.29, 1.82) is 5.26 Å². The third-order valence-electron chi connectivity index (χ3n) is 3.69. The first kappa shape index (κ1) is 13.1. The van der Waals surface area contributed by atoms with Crippen molar-refractivity contribution in [1.82, 2.24) is 4.98 Å². The third kappa shape index (κ3) is 2.43. The van der Waals surface area contributed by atoms with E-state index in [1.54, 1.807) is 18.3 Å². The van der Waals surface area contributed by atoms with E-state index in [1.807, 2.05) is 29.2 Å². The average Bonchev–Trinajstić information content (AvgIpc) is 2.53. The molecule has 1 aromatic heterocycles. The Balaban J connectivity index is 2.00. The normalized spacial score (nSPS) is 16.9. The van der Waals surface area contributed by atoms with Crippen molar-refractivity contribution >= 4 is 11.8 Å². The Bertz CT molecular complexity index is 736. The van der Waals surface area contributed by atoms with Gasteiger partial charge in [0.15, 0.2) is 0 Å². The van der Waals surface area contributed by atoms with Crippen molar-refractivity contribution < 1.29 is 9.90 Å². The van der Waals surface area contributed by atoms with Gasteiger partial charge in [-0.1, -0.05) is 24.3 Å². The highest BCUT2D eigenvalue weighted by Crippen LogP contribution is 2.31. The Morgan fingerprint density at radius 2 is 2.19 bits per heavy atom. The van der Waals surface area contributed by atoms with Gasteiger partial charge in [-0.25, -0.2) is 4.98 Å². The lowest BCUT2D eigenvalue weighted by Crippen LogP contribution is -2.37. The van der Waals surface area contributed by atoms with Gasteiger partial charge >= 0.3 is 5.97 Å². The lowest BCUT2D eigenvalue weighted by Gasteiger charge is -2.33. The zero-order chi connectivity index (χ0) is 14.8. The summed E-state index contributed by atoms with van der Waals surface area (Å²) in [6, 6.07) is 13.0. The fourth-order valence-electron chi connectivity index (χ4n) is 2.65. The molecule has 1 N–H and O–H groups in total. The molecule has 1 unspecified atom stereocenters. The zero-order valence-electron chi connectivity index (χ0n) is 11.2. The van der Waals surface area contributed by atoms with Crippen LogP contribution >= 0.6 is 0 Å². The molecule has 0 fully saturated rings. The summed E-state index contributed by atoms with van der Waals surface area (Å²) < 4.78 is 0. The van der Waals surface area contributed by atoms with Crippen LogP contribution in [0, 0.1) is 11.3 Å². The van der Waals surface area contributed by atoms with Crippen LogP contribution in [0.3, 0.4) is 0 Å². The number of nitrogens with zero attached hydrogens (tertiary/aromatic N) is 3. The number of hydrogen-bond donors (Lipinski definition) is 1. The summed E-state index contributed by atoms with van der Waals surface area (Å²) in [5.41, 5.74) is 2.36. The maximum Gasteiger partial charge on any atom is 0.312 e. The van der Waals surface area contributed by atoms with Gasteiger partial charge in [0.05, 0.1) is 17.6 Å². The fourth-order valence-corrected chi connectivity index (χ4v) is 2.65. The summed E-state index contributed by atoms with van der Waals surface area (Å²) >= 11 is 0. The number of aliphatic carboxylic acids is 1. The van der Waals surface area contributed by atoms with Gasteiger partial charge in [-0.05, 0) is 23.3 Å². The standard InChI is InChI=1S/C16H13N3O2/c17-8-11-5-6-18-15(7-11)19-9-12-3-1-2-4-13(12)14(10-19)16(20)21/h1-7,14H,9-10H2,(H,20,21). The van der Waals surface area contributed by atoms with Crippen LogP contribution in [0.2, 0.25) is 0 Å². The predicted octanol–water partition coefficient (Wildman–Crippen LogP) is 2.14. The SMILES string of the molecule is N#Cc1ccnc(N2Cc3ccccc3C(C(=O)O)C2)c1. The van der Waals surface area contributed by atoms with Gasteiger partial charge in [0.2, 0.25) is 0 Å². The fraction of sp³-hybridized carbons (Fsp3) is 0.188. The Labute approximate surface area is 122 Å². The number of carboxylic acid groups (broad SMARTS) is 1. The van der Waals surface area contributed by atoms with Crippen molar-refractivity contribution in [2.24, 2.45) is 0 Å². The van der Waals surface area contributed by atoms with E-state index in [2.05, 4.69) is 11.1 Å². The number of anilines is 1. The minimum Gasteiger partial charge on any atom is -0.481 e. The van der Waals surface area contributed by atoms with Crippen LogP contribution in [0.1, 0.15) is 22.6 Å². The topological polar surface area (TPSA) is 77.2 Å². The zero-order valence-corrected chi connectivity index (χ0v) is 11.2. The molecule has 1 atom stereocenters. The molecule has 0 aliphatic carbocycles. The molecule has 3 rings (SSSR count). The Hall–Kier alpha value is -2.87. The summed E-state index contributed by atoms with van der Waals surface area (Å²) in [6.45, 7) is 0.954. The number of pyridine rings is 1. The van der Waals surface area contributed by atoms with Crippen LogP contribution in [0.25, 0.3) is 0 Å². The molecule has 2 aromatic rings. The van der Waals surface area contributed by atoms with Crippen molar-refractivity contribution in [3.05, 3.63) is 59.3 Å². The first-order chi connectivity index (χ1) is 10.2. The van der Waals surface area contributed by atoms with E-state index < -0.39 is 11.9 Å². The van der Waals surface area contributed by atoms with E-state index in [-0.39, 0.29) is 0 Å². The second-order valence-corrected chi connectivity index (χ2v) is 4.98. The molecule has 5 heteroatoms. The first-order valence-electron chi connectivity index (χ1n) is 6.61. The summed E-state index contributed by atoms with van der Waals surface area (Å²) in [5.74, 6) is -0.791. The monoisotopic (exact) mass is 279 g/mol. The molecule has 0 saturated carbocycles. The molecule has 2 heterocycles. The van der Waals surface area contributed by atoms with E-state index >= 15 is 0 Å². The van der Waals surface area contributed by atoms with Gasteiger partial charge in [0, 0.05) is 19.3 Å². The summed E-state index contributed by atoms with van der Waals surface area (Å²) in [5, 5.41) is 18.4. The highest BCUT2D eigenvalue weighted by atomic mass is 16.4. The van der Waals surface area contributed by atoms with Crippen molar-refractivity contribution in [2.75, 3.05) is 11.4 Å². The number of rotatable bonds is 2. The van der Waals surface area contributed by atoms with E-state index in [4.69, 9.17) is 5.26 Å². The van der Waals surface area contributed by atoms with E-state index in [0.717, 1.165) is 11.1 Å². The Morgan fingerprint density at radius 1 is 1.38 bits per heavy atom. The first-order valence-corrected chi connectivity index (χ1v) is 6.61. The van der Waals surface area contributed by atoms with Crippen LogP contribution < -0.4 is 4.90 Å². The van der Waals surface area contributed by atoms with Crippen LogP contribution in [-0.4, -0.2) is 22.6 Å². The molecular weight excluding hydrogens is 266 g/mol. The van der Waals surface area contributed by atoms with Gasteiger partial charge in [0.25, 0.3) is 0 Å². The molecular formula is C16H13N3O2.